The number of unbranched alkanes of at least 4 members (excludes halogenated alkanes) is 1. The molecule has 0 radical (unpaired) electrons. The summed E-state index contributed by atoms with van der Waals surface area (Å²) < 4.78 is 5.87. The molecule has 0 bridgehead atoms. The van der Waals surface area contributed by atoms with E-state index in [1.165, 1.54) is 0 Å². The first-order chi connectivity index (χ1) is 15.2. The molecule has 0 N–H and O–H groups in total. The van der Waals surface area contributed by atoms with Gasteiger partial charge in [0.25, 0.3) is 0 Å². The highest BCUT2D eigenvalue weighted by molar-refractivity contribution is 9.10. The van der Waals surface area contributed by atoms with Crippen molar-refractivity contribution >= 4 is 44.8 Å². The molecular formula is C23H31BrN4O4. The van der Waals surface area contributed by atoms with Crippen LogP contribution in [-0.2, 0) is 9.53 Å². The Hall–Kier alpha value is -2.68. The molecule has 2 aromatic rings. The number of nitro groups is 1. The third-order valence-corrected chi connectivity index (χ3v) is 5.65. The Bertz CT molecular complexity index is 967. The summed E-state index contributed by atoms with van der Waals surface area (Å²) in [4.78, 5) is 32.5. The predicted molar refractivity (Wildman–Crippen MR) is 131 cm³/mol. The average molecular weight is 507 g/mol. The number of benzene rings is 1. The Kier molecular flexibility index (Phi) is 9.43. The first kappa shape index (κ1) is 25.6. The highest BCUT2D eigenvalue weighted by Crippen LogP contribution is 2.42. The number of carbonyl (C=O) groups excluding carboxylic acids is 1. The fraction of sp³-hybridized carbons (Fsp3) is 0.478. The van der Waals surface area contributed by atoms with Crippen molar-refractivity contribution in [2.75, 3.05) is 36.0 Å². The van der Waals surface area contributed by atoms with Gasteiger partial charge in [0, 0.05) is 23.3 Å². The summed E-state index contributed by atoms with van der Waals surface area (Å²) >= 11 is 3.55. The topological polar surface area (TPSA) is 88.8 Å². The Labute approximate surface area is 197 Å². The summed E-state index contributed by atoms with van der Waals surface area (Å²) in [5.74, 6) is -0.366. The van der Waals surface area contributed by atoms with Crippen molar-refractivity contribution in [3.8, 4) is 0 Å². The van der Waals surface area contributed by atoms with Crippen LogP contribution in [0.25, 0.3) is 0 Å². The van der Waals surface area contributed by atoms with Crippen molar-refractivity contribution in [3.05, 3.63) is 50.1 Å². The molecule has 8 nitrogen and oxygen atoms in total. The van der Waals surface area contributed by atoms with Crippen LogP contribution in [0.1, 0.15) is 44.9 Å². The zero-order valence-corrected chi connectivity index (χ0v) is 20.9. The zero-order valence-electron chi connectivity index (χ0n) is 19.4. The summed E-state index contributed by atoms with van der Waals surface area (Å²) in [6.45, 7) is 10.9. The lowest BCUT2D eigenvalue weighted by atomic mass is 10.1. The standard InChI is InChI=1S/C23H31BrN4O4/c1-6-9-12-26(7-2)20-14-17(5)25-23(22(20)28(30)31)27(15-21(29)32-8-3)19-11-10-16(4)13-18(19)24/h10-11,13-14H,6-9,12,15H2,1-5H3. The van der Waals surface area contributed by atoms with Crippen molar-refractivity contribution in [2.45, 2.75) is 47.5 Å². The van der Waals surface area contributed by atoms with Gasteiger partial charge in [-0.05, 0) is 73.8 Å². The van der Waals surface area contributed by atoms with E-state index in [2.05, 4.69) is 27.8 Å². The van der Waals surface area contributed by atoms with E-state index in [1.807, 2.05) is 36.9 Å². The first-order valence-electron chi connectivity index (χ1n) is 10.8. The monoisotopic (exact) mass is 506 g/mol. The third kappa shape index (κ3) is 6.18. The third-order valence-electron chi connectivity index (χ3n) is 5.01. The predicted octanol–water partition coefficient (Wildman–Crippen LogP) is 5.70. The molecule has 0 saturated heterocycles. The van der Waals surface area contributed by atoms with Crippen LogP contribution in [0.4, 0.5) is 22.9 Å². The molecule has 0 unspecified atom stereocenters. The van der Waals surface area contributed by atoms with Gasteiger partial charge in [0.15, 0.2) is 0 Å². The second-order valence-electron chi connectivity index (χ2n) is 7.49. The molecule has 1 aromatic carbocycles. The maximum absolute atomic E-state index is 12.5. The molecule has 0 spiro atoms. The van der Waals surface area contributed by atoms with Gasteiger partial charge in [-0.1, -0.05) is 19.4 Å². The first-order valence-corrected chi connectivity index (χ1v) is 11.6. The van der Waals surface area contributed by atoms with Gasteiger partial charge in [0.05, 0.1) is 17.2 Å². The number of esters is 1. The van der Waals surface area contributed by atoms with Crippen LogP contribution >= 0.6 is 15.9 Å². The minimum absolute atomic E-state index is 0.120. The average Bonchev–Trinajstić information content (AvgIpc) is 2.72. The van der Waals surface area contributed by atoms with Gasteiger partial charge < -0.3 is 14.5 Å². The van der Waals surface area contributed by atoms with Crippen molar-refractivity contribution in [1.82, 2.24) is 4.98 Å². The van der Waals surface area contributed by atoms with Crippen LogP contribution in [-0.4, -0.2) is 42.1 Å². The Balaban J connectivity index is 2.75. The van der Waals surface area contributed by atoms with Crippen molar-refractivity contribution in [1.29, 1.82) is 0 Å². The lowest BCUT2D eigenvalue weighted by Crippen LogP contribution is -2.30. The van der Waals surface area contributed by atoms with Gasteiger partial charge in [-0.25, -0.2) is 4.98 Å². The number of hydrogen-bond donors (Lipinski definition) is 0. The van der Waals surface area contributed by atoms with Gasteiger partial charge in [0.2, 0.25) is 5.82 Å². The molecule has 0 aliphatic heterocycles. The van der Waals surface area contributed by atoms with E-state index in [-0.39, 0.29) is 24.7 Å². The van der Waals surface area contributed by atoms with E-state index in [0.29, 0.717) is 34.6 Å². The second kappa shape index (κ2) is 11.8. The number of pyridine rings is 1. The van der Waals surface area contributed by atoms with E-state index in [1.54, 1.807) is 24.8 Å². The van der Waals surface area contributed by atoms with Crippen molar-refractivity contribution in [2.24, 2.45) is 0 Å². The molecule has 2 rings (SSSR count). The van der Waals surface area contributed by atoms with Crippen LogP contribution < -0.4 is 9.80 Å². The number of aromatic nitrogens is 1. The van der Waals surface area contributed by atoms with Crippen LogP contribution in [0, 0.1) is 24.0 Å². The molecule has 0 atom stereocenters. The fourth-order valence-electron chi connectivity index (χ4n) is 3.48. The van der Waals surface area contributed by atoms with Crippen molar-refractivity contribution < 1.29 is 14.5 Å². The van der Waals surface area contributed by atoms with E-state index in [9.17, 15) is 14.9 Å². The van der Waals surface area contributed by atoms with Gasteiger partial charge >= 0.3 is 11.7 Å². The molecule has 0 aliphatic carbocycles. The van der Waals surface area contributed by atoms with Gasteiger partial charge in [-0.2, -0.15) is 0 Å². The largest absolute Gasteiger partial charge is 0.465 e. The van der Waals surface area contributed by atoms with Crippen LogP contribution in [0.5, 0.6) is 0 Å². The summed E-state index contributed by atoms with van der Waals surface area (Å²) in [5.41, 5.74) is 2.64. The lowest BCUT2D eigenvalue weighted by molar-refractivity contribution is -0.383. The maximum Gasteiger partial charge on any atom is 0.335 e. The summed E-state index contributed by atoms with van der Waals surface area (Å²) in [6, 6.07) is 7.35. The SMILES string of the molecule is CCCCN(CC)c1cc(C)nc(N(CC(=O)OCC)c2ccc(C)cc2Br)c1[N+](=O)[O-]. The van der Waals surface area contributed by atoms with E-state index < -0.39 is 10.9 Å². The number of ether oxygens (including phenoxy) is 1. The molecule has 32 heavy (non-hydrogen) atoms. The highest BCUT2D eigenvalue weighted by atomic mass is 79.9. The Morgan fingerprint density at radius 2 is 1.91 bits per heavy atom. The smallest absolute Gasteiger partial charge is 0.335 e. The number of carbonyl (C=O) groups is 1. The lowest BCUT2D eigenvalue weighted by Gasteiger charge is -2.28. The Morgan fingerprint density at radius 3 is 2.47 bits per heavy atom. The molecule has 9 heteroatoms. The van der Waals surface area contributed by atoms with Crippen LogP contribution in [0.2, 0.25) is 0 Å². The molecular weight excluding hydrogens is 476 g/mol. The number of rotatable bonds is 11. The molecule has 0 fully saturated rings. The minimum Gasteiger partial charge on any atom is -0.465 e. The Morgan fingerprint density at radius 1 is 1.19 bits per heavy atom. The molecule has 0 amide bonds. The highest BCUT2D eigenvalue weighted by Gasteiger charge is 2.32. The molecule has 1 heterocycles. The van der Waals surface area contributed by atoms with E-state index in [4.69, 9.17) is 4.74 Å². The number of nitrogens with zero attached hydrogens (tertiary/aromatic N) is 4. The number of hydrogen-bond acceptors (Lipinski definition) is 7. The molecule has 0 saturated carbocycles. The molecule has 1 aromatic heterocycles. The summed E-state index contributed by atoms with van der Waals surface area (Å²) in [5, 5.41) is 12.3. The number of anilines is 3. The quantitative estimate of drug-likeness (QED) is 0.219. The van der Waals surface area contributed by atoms with Gasteiger partial charge in [-0.15, -0.1) is 0 Å². The fourth-order valence-corrected chi connectivity index (χ4v) is 4.18. The summed E-state index contributed by atoms with van der Waals surface area (Å²) in [6.07, 6.45) is 1.89. The van der Waals surface area contributed by atoms with Gasteiger partial charge in [-0.3, -0.25) is 14.9 Å². The van der Waals surface area contributed by atoms with Crippen molar-refractivity contribution in [3.63, 3.8) is 0 Å². The van der Waals surface area contributed by atoms with Gasteiger partial charge in [0.1, 0.15) is 12.2 Å². The minimum atomic E-state index is -0.488. The summed E-state index contributed by atoms with van der Waals surface area (Å²) in [7, 11) is 0. The maximum atomic E-state index is 12.5. The zero-order chi connectivity index (χ0) is 23.8. The number of halogens is 1. The van der Waals surface area contributed by atoms with E-state index >= 15 is 0 Å². The molecule has 174 valence electrons. The second-order valence-corrected chi connectivity index (χ2v) is 8.35. The molecule has 0 aliphatic rings. The normalized spacial score (nSPS) is 10.7. The van der Waals surface area contributed by atoms with Crippen LogP contribution in [0.3, 0.4) is 0 Å². The number of aryl methyl sites for hydroxylation is 2. The van der Waals surface area contributed by atoms with E-state index in [0.717, 1.165) is 18.4 Å². The van der Waals surface area contributed by atoms with Crippen LogP contribution in [0.15, 0.2) is 28.7 Å².